The fraction of sp³-hybridized carbons (Fsp3) is 0.333. The van der Waals surface area contributed by atoms with E-state index >= 15 is 0 Å². The molecule has 1 heterocycles. The van der Waals surface area contributed by atoms with Crippen molar-refractivity contribution in [2.24, 2.45) is 0 Å². The third-order valence-corrected chi connectivity index (χ3v) is 4.51. The summed E-state index contributed by atoms with van der Waals surface area (Å²) < 4.78 is 11.7. The van der Waals surface area contributed by atoms with Crippen LogP contribution < -0.4 is 4.74 Å². The van der Waals surface area contributed by atoms with Crippen LogP contribution in [-0.2, 0) is 10.2 Å². The van der Waals surface area contributed by atoms with Crippen molar-refractivity contribution in [1.82, 2.24) is 0 Å². The number of hydrogen-bond donors (Lipinski definition) is 1. The molecule has 3 nitrogen and oxygen atoms in total. The third kappa shape index (κ3) is 5.23. The van der Waals surface area contributed by atoms with Gasteiger partial charge in [-0.05, 0) is 47.4 Å². The van der Waals surface area contributed by atoms with Gasteiger partial charge in [0.05, 0.1) is 6.61 Å². The number of hydrogen-bond acceptors (Lipinski definition) is 3. The lowest BCUT2D eigenvalue weighted by atomic mass is 9.87. The van der Waals surface area contributed by atoms with E-state index in [0.29, 0.717) is 0 Å². The first-order chi connectivity index (χ1) is 12.9. The summed E-state index contributed by atoms with van der Waals surface area (Å²) in [4.78, 5) is 0. The van der Waals surface area contributed by atoms with Crippen molar-refractivity contribution in [2.75, 3.05) is 6.61 Å². The van der Waals surface area contributed by atoms with Crippen molar-refractivity contribution in [1.29, 1.82) is 0 Å². The van der Waals surface area contributed by atoms with Crippen LogP contribution in [0.25, 0.3) is 0 Å². The van der Waals surface area contributed by atoms with Gasteiger partial charge >= 0.3 is 0 Å². The van der Waals surface area contributed by atoms with E-state index in [2.05, 4.69) is 44.7 Å². The molecule has 0 radical (unpaired) electrons. The molecule has 0 aromatic heterocycles. The van der Waals surface area contributed by atoms with E-state index in [0.717, 1.165) is 11.3 Å². The van der Waals surface area contributed by atoms with E-state index in [-0.39, 0.29) is 18.1 Å². The molecule has 1 N–H and O–H groups in total. The average molecular weight is 362 g/mol. The fourth-order valence-electron chi connectivity index (χ4n) is 2.91. The van der Waals surface area contributed by atoms with Gasteiger partial charge in [-0.3, -0.25) is 0 Å². The lowest BCUT2D eigenvalue weighted by molar-refractivity contribution is 0.0610. The number of aliphatic hydroxyl groups excluding tert-OH is 1. The molecule has 0 amide bonds. The minimum absolute atomic E-state index is 0.0945. The molecular weight excluding hydrogens is 336 g/mol. The number of aliphatic hydroxyl groups is 1. The van der Waals surface area contributed by atoms with E-state index in [1.54, 1.807) is 6.08 Å². The molecule has 0 bridgehead atoms. The monoisotopic (exact) mass is 362 g/mol. The Morgan fingerprint density at radius 1 is 1.07 bits per heavy atom. The van der Waals surface area contributed by atoms with Crippen LogP contribution >= 0.6 is 0 Å². The Hall–Kier alpha value is -2.54. The molecule has 0 aliphatic carbocycles. The number of benzene rings is 2. The van der Waals surface area contributed by atoms with Crippen LogP contribution in [0.1, 0.15) is 31.9 Å². The molecule has 3 atom stereocenters. The minimum Gasteiger partial charge on any atom is -0.485 e. The molecule has 0 saturated carbocycles. The van der Waals surface area contributed by atoms with Gasteiger partial charge in [0, 0.05) is 5.56 Å². The zero-order valence-corrected chi connectivity index (χ0v) is 16.1. The first kappa shape index (κ1) is 19.2. The Balaban J connectivity index is 1.65. The summed E-state index contributed by atoms with van der Waals surface area (Å²) in [5.74, 6) is 6.80. The first-order valence-corrected chi connectivity index (χ1v) is 9.23. The summed E-state index contributed by atoms with van der Waals surface area (Å²) in [7, 11) is 0. The normalized spacial score (nSPS) is 22.4. The van der Waals surface area contributed by atoms with Crippen LogP contribution in [0.3, 0.4) is 0 Å². The second-order valence-corrected chi connectivity index (χ2v) is 7.72. The summed E-state index contributed by atoms with van der Waals surface area (Å²) in [6.07, 6.45) is 2.17. The van der Waals surface area contributed by atoms with Gasteiger partial charge in [0.15, 0.2) is 6.10 Å². The van der Waals surface area contributed by atoms with Crippen LogP contribution in [0.15, 0.2) is 66.7 Å². The Morgan fingerprint density at radius 3 is 2.44 bits per heavy atom. The molecule has 3 rings (SSSR count). The van der Waals surface area contributed by atoms with Crippen molar-refractivity contribution >= 4 is 0 Å². The van der Waals surface area contributed by atoms with Crippen LogP contribution in [0.5, 0.6) is 5.75 Å². The van der Waals surface area contributed by atoms with Crippen LogP contribution in [-0.4, -0.2) is 30.0 Å². The van der Waals surface area contributed by atoms with Gasteiger partial charge in [0.25, 0.3) is 0 Å². The maximum absolute atomic E-state index is 10.2. The highest BCUT2D eigenvalue weighted by atomic mass is 16.6. The largest absolute Gasteiger partial charge is 0.485 e. The lowest BCUT2D eigenvalue weighted by Crippen LogP contribution is -2.35. The minimum atomic E-state index is -0.663. The van der Waals surface area contributed by atoms with Gasteiger partial charge in [0.1, 0.15) is 18.0 Å². The van der Waals surface area contributed by atoms with E-state index in [4.69, 9.17) is 9.47 Å². The van der Waals surface area contributed by atoms with Gasteiger partial charge in [0.2, 0.25) is 0 Å². The Kier molecular flexibility index (Phi) is 6.01. The van der Waals surface area contributed by atoms with Gasteiger partial charge in [-0.2, -0.15) is 0 Å². The molecule has 1 aliphatic heterocycles. The molecule has 1 saturated heterocycles. The number of rotatable bonds is 3. The molecule has 0 spiro atoms. The molecule has 1 aliphatic rings. The number of ether oxygens (including phenoxy) is 2. The predicted molar refractivity (Wildman–Crippen MR) is 108 cm³/mol. The maximum atomic E-state index is 10.2. The van der Waals surface area contributed by atoms with E-state index in [1.165, 1.54) is 5.56 Å². The zero-order valence-electron chi connectivity index (χ0n) is 16.1. The van der Waals surface area contributed by atoms with Gasteiger partial charge < -0.3 is 14.6 Å². The Bertz CT molecular complexity index is 820. The summed E-state index contributed by atoms with van der Waals surface area (Å²) in [5, 5.41) is 10.2. The standard InChI is InChI=1S/C24H26O3/c1-24(2,3)19-13-15-20(16-14-19)27-23-21(25)17-26-22(23)12-8-7-11-18-9-5-4-6-10-18/h4-6,8-10,12-16,21-23,25H,17H2,1-3H3. The van der Waals surface area contributed by atoms with Crippen LogP contribution in [0.2, 0.25) is 0 Å². The zero-order chi connectivity index (χ0) is 19.3. The quantitative estimate of drug-likeness (QED) is 0.836. The third-order valence-electron chi connectivity index (χ3n) is 4.51. The molecule has 1 fully saturated rings. The van der Waals surface area contributed by atoms with E-state index < -0.39 is 12.2 Å². The Morgan fingerprint density at radius 2 is 1.78 bits per heavy atom. The molecule has 140 valence electrons. The highest BCUT2D eigenvalue weighted by molar-refractivity contribution is 5.37. The summed E-state index contributed by atoms with van der Waals surface area (Å²) >= 11 is 0. The summed E-state index contributed by atoms with van der Waals surface area (Å²) in [6.45, 7) is 6.78. The Labute approximate surface area is 161 Å². The van der Waals surface area contributed by atoms with Crippen LogP contribution in [0, 0.1) is 11.8 Å². The maximum Gasteiger partial charge on any atom is 0.156 e. The van der Waals surface area contributed by atoms with Crippen molar-refractivity contribution in [3.05, 3.63) is 77.9 Å². The lowest BCUT2D eigenvalue weighted by Gasteiger charge is -2.22. The topological polar surface area (TPSA) is 38.7 Å². The van der Waals surface area contributed by atoms with Crippen molar-refractivity contribution in [3.63, 3.8) is 0 Å². The first-order valence-electron chi connectivity index (χ1n) is 9.23. The molecular formula is C24H26O3. The van der Waals surface area contributed by atoms with Gasteiger partial charge in [-0.25, -0.2) is 0 Å². The smallest absolute Gasteiger partial charge is 0.156 e. The highest BCUT2D eigenvalue weighted by Crippen LogP contribution is 2.27. The molecule has 2 aromatic carbocycles. The SMILES string of the molecule is CC(C)(C)c1ccc(OC2C(O)COC2C=CC#Cc2ccccc2)cc1. The van der Waals surface area contributed by atoms with Gasteiger partial charge in [-0.1, -0.05) is 62.9 Å². The molecule has 3 unspecified atom stereocenters. The van der Waals surface area contributed by atoms with E-state index in [9.17, 15) is 5.11 Å². The van der Waals surface area contributed by atoms with Crippen molar-refractivity contribution in [2.45, 2.75) is 44.5 Å². The van der Waals surface area contributed by atoms with Crippen LogP contribution in [0.4, 0.5) is 0 Å². The van der Waals surface area contributed by atoms with Crippen molar-refractivity contribution in [3.8, 4) is 17.6 Å². The molecule has 3 heteroatoms. The molecule has 27 heavy (non-hydrogen) atoms. The predicted octanol–water partition coefficient (Wildman–Crippen LogP) is 4.10. The average Bonchev–Trinajstić information content (AvgIpc) is 2.99. The summed E-state index contributed by atoms with van der Waals surface area (Å²) in [6, 6.07) is 17.8. The second kappa shape index (κ2) is 8.43. The number of allylic oxidation sites excluding steroid dienone is 1. The highest BCUT2D eigenvalue weighted by Gasteiger charge is 2.36. The fourth-order valence-corrected chi connectivity index (χ4v) is 2.91. The van der Waals surface area contributed by atoms with Crippen molar-refractivity contribution < 1.29 is 14.6 Å². The summed E-state index contributed by atoms with van der Waals surface area (Å²) in [5.41, 5.74) is 2.30. The van der Waals surface area contributed by atoms with Gasteiger partial charge in [-0.15, -0.1) is 0 Å². The van der Waals surface area contributed by atoms with E-state index in [1.807, 2.05) is 48.5 Å². The second-order valence-electron chi connectivity index (χ2n) is 7.72. The molecule has 2 aromatic rings.